The van der Waals surface area contributed by atoms with E-state index >= 15 is 0 Å². The van der Waals surface area contributed by atoms with Gasteiger partial charge in [-0.25, -0.2) is 10.4 Å². The molecule has 1 aromatic carbocycles. The average Bonchev–Trinajstić information content (AvgIpc) is 3.21. The van der Waals surface area contributed by atoms with Crippen LogP contribution in [0.3, 0.4) is 0 Å². The minimum atomic E-state index is -0.286. The van der Waals surface area contributed by atoms with Crippen molar-refractivity contribution in [1.82, 2.24) is 19.8 Å². The molecule has 130 valence electrons. The van der Waals surface area contributed by atoms with Crippen molar-refractivity contribution in [3.8, 4) is 0 Å². The van der Waals surface area contributed by atoms with E-state index in [2.05, 4.69) is 33.5 Å². The molecular weight excluding hydrogens is 326 g/mol. The number of nitrogens with one attached hydrogen (secondary N) is 2. The Bertz CT molecular complexity index is 1140. The van der Waals surface area contributed by atoms with Crippen molar-refractivity contribution >= 4 is 28.7 Å². The van der Waals surface area contributed by atoms with Crippen LogP contribution in [0.5, 0.6) is 0 Å². The van der Waals surface area contributed by atoms with E-state index < -0.39 is 0 Å². The maximum absolute atomic E-state index is 12.5. The van der Waals surface area contributed by atoms with E-state index in [1.807, 2.05) is 49.6 Å². The van der Waals surface area contributed by atoms with Gasteiger partial charge in [0.1, 0.15) is 11.3 Å². The number of pyridine rings is 1. The SMILES string of the molecule is CCc1cccc2c(C=NNC(=O)c3c(C)nc4ccccn34)c[nH]c12. The first-order chi connectivity index (χ1) is 12.7. The Kier molecular flexibility index (Phi) is 4.01. The number of imidazole rings is 1. The Morgan fingerprint density at radius 1 is 1.31 bits per heavy atom. The van der Waals surface area contributed by atoms with Crippen molar-refractivity contribution in [2.24, 2.45) is 5.10 Å². The molecule has 2 N–H and O–H groups in total. The quantitative estimate of drug-likeness (QED) is 0.439. The number of rotatable bonds is 4. The van der Waals surface area contributed by atoms with E-state index in [1.54, 1.807) is 10.6 Å². The van der Waals surface area contributed by atoms with Gasteiger partial charge in [-0.15, -0.1) is 0 Å². The number of amides is 1. The van der Waals surface area contributed by atoms with Crippen LogP contribution < -0.4 is 5.43 Å². The Balaban J connectivity index is 1.59. The zero-order valence-electron chi connectivity index (χ0n) is 14.7. The van der Waals surface area contributed by atoms with Crippen molar-refractivity contribution in [2.75, 3.05) is 0 Å². The smallest absolute Gasteiger partial charge is 0.290 e. The van der Waals surface area contributed by atoms with Gasteiger partial charge >= 0.3 is 0 Å². The molecule has 4 aromatic rings. The number of hydrazone groups is 1. The zero-order chi connectivity index (χ0) is 18.1. The third-order valence-electron chi connectivity index (χ3n) is 4.50. The Morgan fingerprint density at radius 2 is 2.19 bits per heavy atom. The van der Waals surface area contributed by atoms with E-state index in [-0.39, 0.29) is 5.91 Å². The Morgan fingerprint density at radius 3 is 3.04 bits per heavy atom. The van der Waals surface area contributed by atoms with Crippen molar-refractivity contribution in [3.05, 3.63) is 71.3 Å². The number of hydrogen-bond acceptors (Lipinski definition) is 3. The molecular formula is C20H19N5O. The number of aryl methyl sites for hydroxylation is 2. The molecule has 0 aliphatic rings. The van der Waals surface area contributed by atoms with Crippen LogP contribution in [-0.4, -0.2) is 26.5 Å². The molecule has 6 heteroatoms. The topological polar surface area (TPSA) is 74.6 Å². The molecule has 0 atom stereocenters. The fraction of sp³-hybridized carbons (Fsp3) is 0.150. The summed E-state index contributed by atoms with van der Waals surface area (Å²) in [5.74, 6) is -0.286. The van der Waals surface area contributed by atoms with Gasteiger partial charge in [-0.1, -0.05) is 31.2 Å². The van der Waals surface area contributed by atoms with Crippen LogP contribution in [0.1, 0.15) is 34.2 Å². The third-order valence-corrected chi connectivity index (χ3v) is 4.50. The zero-order valence-corrected chi connectivity index (χ0v) is 14.7. The summed E-state index contributed by atoms with van der Waals surface area (Å²) >= 11 is 0. The number of nitrogens with zero attached hydrogens (tertiary/aromatic N) is 3. The van der Waals surface area contributed by atoms with E-state index in [9.17, 15) is 4.79 Å². The number of carbonyl (C=O) groups excluding carboxylic acids is 1. The largest absolute Gasteiger partial charge is 0.360 e. The van der Waals surface area contributed by atoms with E-state index in [4.69, 9.17) is 0 Å². The van der Waals surface area contributed by atoms with Crippen LogP contribution in [0.15, 0.2) is 53.9 Å². The molecule has 0 fully saturated rings. The first kappa shape index (κ1) is 16.1. The summed E-state index contributed by atoms with van der Waals surface area (Å²) in [5, 5.41) is 5.23. The first-order valence-electron chi connectivity index (χ1n) is 8.55. The molecule has 3 heterocycles. The van der Waals surface area contributed by atoms with Gasteiger partial charge < -0.3 is 4.98 Å². The van der Waals surface area contributed by atoms with Crippen molar-refractivity contribution in [2.45, 2.75) is 20.3 Å². The van der Waals surface area contributed by atoms with Crippen LogP contribution >= 0.6 is 0 Å². The Hall–Kier alpha value is -3.41. The van der Waals surface area contributed by atoms with Crippen LogP contribution in [0.25, 0.3) is 16.6 Å². The third kappa shape index (κ3) is 2.65. The highest BCUT2D eigenvalue weighted by Crippen LogP contribution is 2.21. The van der Waals surface area contributed by atoms with Gasteiger partial charge in [0.2, 0.25) is 0 Å². The van der Waals surface area contributed by atoms with Gasteiger partial charge in [0.25, 0.3) is 5.91 Å². The normalized spacial score (nSPS) is 11.6. The summed E-state index contributed by atoms with van der Waals surface area (Å²) in [6, 6.07) is 11.8. The molecule has 4 rings (SSSR count). The molecule has 0 spiro atoms. The predicted molar refractivity (Wildman–Crippen MR) is 103 cm³/mol. The summed E-state index contributed by atoms with van der Waals surface area (Å²) in [6.45, 7) is 3.94. The lowest BCUT2D eigenvalue weighted by Gasteiger charge is -2.01. The number of para-hydroxylation sites is 1. The number of fused-ring (bicyclic) bond motifs is 2. The molecule has 0 saturated heterocycles. The summed E-state index contributed by atoms with van der Waals surface area (Å²) in [7, 11) is 0. The summed E-state index contributed by atoms with van der Waals surface area (Å²) in [5.41, 5.74) is 7.81. The van der Waals surface area contributed by atoms with E-state index in [1.165, 1.54) is 5.56 Å². The highest BCUT2D eigenvalue weighted by Gasteiger charge is 2.15. The van der Waals surface area contributed by atoms with Crippen LogP contribution in [0.4, 0.5) is 0 Å². The van der Waals surface area contributed by atoms with Gasteiger partial charge in [-0.3, -0.25) is 9.20 Å². The van der Waals surface area contributed by atoms with Crippen LogP contribution in [0.2, 0.25) is 0 Å². The highest BCUT2D eigenvalue weighted by atomic mass is 16.2. The summed E-state index contributed by atoms with van der Waals surface area (Å²) < 4.78 is 1.76. The molecule has 26 heavy (non-hydrogen) atoms. The van der Waals surface area contributed by atoms with Crippen LogP contribution in [-0.2, 0) is 6.42 Å². The van der Waals surface area contributed by atoms with Gasteiger partial charge in [0.05, 0.1) is 11.9 Å². The highest BCUT2D eigenvalue weighted by molar-refractivity contribution is 6.01. The predicted octanol–water partition coefficient (Wildman–Crippen LogP) is 3.45. The van der Waals surface area contributed by atoms with Crippen LogP contribution in [0, 0.1) is 6.92 Å². The number of aromatic nitrogens is 3. The fourth-order valence-corrected chi connectivity index (χ4v) is 3.24. The second-order valence-electron chi connectivity index (χ2n) is 6.11. The minimum Gasteiger partial charge on any atom is -0.360 e. The van der Waals surface area contributed by atoms with Crippen molar-refractivity contribution < 1.29 is 4.79 Å². The molecule has 6 nitrogen and oxygen atoms in total. The molecule has 0 aliphatic carbocycles. The van der Waals surface area contributed by atoms with Gasteiger partial charge in [0, 0.05) is 28.9 Å². The fourth-order valence-electron chi connectivity index (χ4n) is 3.24. The first-order valence-corrected chi connectivity index (χ1v) is 8.55. The molecule has 0 unspecified atom stereocenters. The number of carbonyl (C=O) groups is 1. The maximum atomic E-state index is 12.5. The standard InChI is InChI=1S/C20H19N5O/c1-3-14-7-6-8-16-15(11-21-18(14)16)12-22-24-20(26)19-13(2)23-17-9-4-5-10-25(17)19/h4-12,21H,3H2,1-2H3,(H,24,26). The monoisotopic (exact) mass is 345 g/mol. The molecule has 0 radical (unpaired) electrons. The lowest BCUT2D eigenvalue weighted by Crippen LogP contribution is -2.20. The lowest BCUT2D eigenvalue weighted by molar-refractivity contribution is 0.0948. The second-order valence-corrected chi connectivity index (χ2v) is 6.11. The number of H-pyrrole nitrogens is 1. The Labute approximate surface area is 150 Å². The average molecular weight is 345 g/mol. The molecule has 1 amide bonds. The van der Waals surface area contributed by atoms with Crippen molar-refractivity contribution in [1.29, 1.82) is 0 Å². The maximum Gasteiger partial charge on any atom is 0.290 e. The summed E-state index contributed by atoms with van der Waals surface area (Å²) in [4.78, 5) is 20.2. The lowest BCUT2D eigenvalue weighted by atomic mass is 10.1. The molecule has 0 aliphatic heterocycles. The molecule has 0 saturated carbocycles. The van der Waals surface area contributed by atoms with Crippen molar-refractivity contribution in [3.63, 3.8) is 0 Å². The second kappa shape index (κ2) is 6.48. The van der Waals surface area contributed by atoms with Gasteiger partial charge in [0.15, 0.2) is 0 Å². The number of benzene rings is 1. The minimum absolute atomic E-state index is 0.286. The summed E-state index contributed by atoms with van der Waals surface area (Å²) in [6.07, 6.45) is 6.34. The molecule has 0 bridgehead atoms. The van der Waals surface area contributed by atoms with E-state index in [0.29, 0.717) is 11.4 Å². The van der Waals surface area contributed by atoms with Gasteiger partial charge in [-0.05, 0) is 31.0 Å². The van der Waals surface area contributed by atoms with Gasteiger partial charge in [-0.2, -0.15) is 5.10 Å². The number of hydrogen-bond donors (Lipinski definition) is 2. The van der Waals surface area contributed by atoms with E-state index in [0.717, 1.165) is 28.5 Å². The number of aromatic amines is 1. The molecule has 3 aromatic heterocycles.